The van der Waals surface area contributed by atoms with Crippen molar-refractivity contribution in [2.45, 2.75) is 12.7 Å². The summed E-state index contributed by atoms with van der Waals surface area (Å²) in [6, 6.07) is 5.13. The highest BCUT2D eigenvalue weighted by atomic mass is 35.5. The molecule has 0 fully saturated rings. The van der Waals surface area contributed by atoms with E-state index in [2.05, 4.69) is 14.1 Å². The second-order valence-electron chi connectivity index (χ2n) is 4.19. The molecule has 1 N–H and O–H groups in total. The Balaban J connectivity index is 1.82. The molecule has 1 aromatic heterocycles. The molecule has 8 heteroatoms. The van der Waals surface area contributed by atoms with Gasteiger partial charge in [0, 0.05) is 11.4 Å². The predicted molar refractivity (Wildman–Crippen MR) is 87.4 cm³/mol. The van der Waals surface area contributed by atoms with Crippen molar-refractivity contribution in [3.8, 4) is 5.75 Å². The first-order valence-electron chi connectivity index (χ1n) is 6.09. The van der Waals surface area contributed by atoms with Crippen molar-refractivity contribution in [2.75, 3.05) is 18.2 Å². The fourth-order valence-electron chi connectivity index (χ4n) is 1.56. The van der Waals surface area contributed by atoms with Gasteiger partial charge in [0.15, 0.2) is 0 Å². The van der Waals surface area contributed by atoms with Crippen LogP contribution < -0.4 is 10.1 Å². The number of nitrogens with one attached hydrogen (secondary N) is 1. The van der Waals surface area contributed by atoms with Crippen molar-refractivity contribution >= 4 is 46.7 Å². The molecule has 0 atom stereocenters. The summed E-state index contributed by atoms with van der Waals surface area (Å²) in [6.07, 6.45) is 0. The van der Waals surface area contributed by atoms with Gasteiger partial charge < -0.3 is 10.1 Å². The fourth-order valence-corrected chi connectivity index (χ4v) is 3.29. The van der Waals surface area contributed by atoms with Crippen LogP contribution in [0.1, 0.15) is 11.4 Å². The lowest BCUT2D eigenvalue weighted by Crippen LogP contribution is -2.14. The second kappa shape index (κ2) is 7.63. The Bertz CT molecular complexity index is 634. The van der Waals surface area contributed by atoms with E-state index in [0.29, 0.717) is 28.0 Å². The van der Waals surface area contributed by atoms with Gasteiger partial charge in [0.05, 0.1) is 41.0 Å². The summed E-state index contributed by atoms with van der Waals surface area (Å²) in [5.41, 5.74) is 2.51. The van der Waals surface area contributed by atoms with E-state index in [0.717, 1.165) is 11.4 Å². The first-order chi connectivity index (χ1) is 10.1. The molecule has 112 valence electrons. The van der Waals surface area contributed by atoms with Crippen molar-refractivity contribution in [2.24, 2.45) is 0 Å². The number of aromatic nitrogens is 2. The van der Waals surface area contributed by atoms with E-state index < -0.39 is 0 Å². The number of halogens is 1. The van der Waals surface area contributed by atoms with Gasteiger partial charge in [0.2, 0.25) is 5.91 Å². The molecule has 0 spiro atoms. The molecule has 0 radical (unpaired) electrons. The minimum absolute atomic E-state index is 0.0814. The molecular weight excluding hydrogens is 330 g/mol. The summed E-state index contributed by atoms with van der Waals surface area (Å²) in [6.45, 7) is 1.92. The van der Waals surface area contributed by atoms with Crippen LogP contribution in [0.15, 0.2) is 18.2 Å². The van der Waals surface area contributed by atoms with Gasteiger partial charge in [0.25, 0.3) is 0 Å². The normalized spacial score (nSPS) is 10.4. The molecule has 2 aromatic rings. The molecule has 0 aliphatic rings. The smallest absolute Gasteiger partial charge is 0.234 e. The number of rotatable bonds is 6. The van der Waals surface area contributed by atoms with E-state index in [1.165, 1.54) is 23.5 Å². The minimum Gasteiger partial charge on any atom is -0.495 e. The van der Waals surface area contributed by atoms with Crippen LogP contribution in [0.4, 0.5) is 5.69 Å². The lowest BCUT2D eigenvalue weighted by Gasteiger charge is -2.07. The van der Waals surface area contributed by atoms with Gasteiger partial charge in [-0.1, -0.05) is 11.6 Å². The molecule has 1 heterocycles. The van der Waals surface area contributed by atoms with Gasteiger partial charge >= 0.3 is 0 Å². The standard InChI is InChI=1S/C13H14ClN3O2S2/c1-8-11(17-21-16-8)6-20-7-13(18)15-9-3-4-12(19-2)10(14)5-9/h3-5H,6-7H2,1-2H3,(H,15,18). The molecular formula is C13H14ClN3O2S2. The summed E-state index contributed by atoms with van der Waals surface area (Å²) in [4.78, 5) is 11.9. The molecule has 0 saturated carbocycles. The zero-order valence-electron chi connectivity index (χ0n) is 11.6. The second-order valence-corrected chi connectivity index (χ2v) is 6.11. The fraction of sp³-hybridized carbons (Fsp3) is 0.308. The van der Waals surface area contributed by atoms with E-state index in [1.807, 2.05) is 6.92 Å². The summed E-state index contributed by atoms with van der Waals surface area (Å²) in [7, 11) is 1.55. The van der Waals surface area contributed by atoms with Gasteiger partial charge in [-0.25, -0.2) is 0 Å². The van der Waals surface area contributed by atoms with Gasteiger partial charge in [0.1, 0.15) is 5.75 Å². The van der Waals surface area contributed by atoms with Crippen molar-refractivity contribution in [1.82, 2.24) is 8.75 Å². The number of benzene rings is 1. The maximum Gasteiger partial charge on any atom is 0.234 e. The van der Waals surface area contributed by atoms with Crippen molar-refractivity contribution < 1.29 is 9.53 Å². The van der Waals surface area contributed by atoms with Gasteiger partial charge in [-0.3, -0.25) is 4.79 Å². The highest BCUT2D eigenvalue weighted by Gasteiger charge is 2.08. The third-order valence-electron chi connectivity index (χ3n) is 2.65. The van der Waals surface area contributed by atoms with Gasteiger partial charge in [-0.15, -0.1) is 11.8 Å². The van der Waals surface area contributed by atoms with E-state index in [-0.39, 0.29) is 5.91 Å². The van der Waals surface area contributed by atoms with Crippen LogP contribution in [0.25, 0.3) is 0 Å². The quantitative estimate of drug-likeness (QED) is 0.871. The Hall–Kier alpha value is -1.31. The number of carbonyl (C=O) groups is 1. The lowest BCUT2D eigenvalue weighted by molar-refractivity contribution is -0.113. The maximum atomic E-state index is 11.9. The van der Waals surface area contributed by atoms with E-state index in [9.17, 15) is 4.79 Å². The molecule has 0 aliphatic carbocycles. The summed E-state index contributed by atoms with van der Waals surface area (Å²) < 4.78 is 13.3. The molecule has 2 rings (SSSR count). The van der Waals surface area contributed by atoms with E-state index >= 15 is 0 Å². The number of hydrogen-bond donors (Lipinski definition) is 1. The Morgan fingerprint density at radius 3 is 2.90 bits per heavy atom. The predicted octanol–water partition coefficient (Wildman–Crippen LogP) is 3.38. The molecule has 5 nitrogen and oxygen atoms in total. The molecule has 0 unspecified atom stereocenters. The highest BCUT2D eigenvalue weighted by molar-refractivity contribution is 7.99. The zero-order valence-corrected chi connectivity index (χ0v) is 13.9. The average molecular weight is 344 g/mol. The highest BCUT2D eigenvalue weighted by Crippen LogP contribution is 2.27. The van der Waals surface area contributed by atoms with E-state index in [4.69, 9.17) is 16.3 Å². The monoisotopic (exact) mass is 343 g/mol. The van der Waals surface area contributed by atoms with Crippen LogP contribution in [0.3, 0.4) is 0 Å². The number of anilines is 1. The SMILES string of the molecule is COc1ccc(NC(=O)CSCc2nsnc2C)cc1Cl. The molecule has 0 aliphatic heterocycles. The first kappa shape index (κ1) is 16.1. The van der Waals surface area contributed by atoms with Crippen LogP contribution in [-0.2, 0) is 10.5 Å². The number of carbonyl (C=O) groups excluding carboxylic acids is 1. The third kappa shape index (κ3) is 4.59. The number of nitrogens with zero attached hydrogens (tertiary/aromatic N) is 2. The molecule has 1 amide bonds. The van der Waals surface area contributed by atoms with E-state index in [1.54, 1.807) is 25.3 Å². The van der Waals surface area contributed by atoms with Crippen molar-refractivity contribution in [3.05, 3.63) is 34.6 Å². The lowest BCUT2D eigenvalue weighted by atomic mass is 10.3. The Kier molecular flexibility index (Phi) is 5.84. The summed E-state index contributed by atoms with van der Waals surface area (Å²) in [5, 5.41) is 3.26. The zero-order chi connectivity index (χ0) is 15.2. The topological polar surface area (TPSA) is 64.1 Å². The number of ether oxygens (including phenoxy) is 1. The maximum absolute atomic E-state index is 11.9. The van der Waals surface area contributed by atoms with Crippen LogP contribution in [0.2, 0.25) is 5.02 Å². The first-order valence-corrected chi connectivity index (χ1v) is 8.35. The largest absolute Gasteiger partial charge is 0.495 e. The number of hydrogen-bond acceptors (Lipinski definition) is 6. The van der Waals surface area contributed by atoms with Crippen molar-refractivity contribution in [3.63, 3.8) is 0 Å². The number of amides is 1. The van der Waals surface area contributed by atoms with Crippen LogP contribution in [0, 0.1) is 6.92 Å². The van der Waals surface area contributed by atoms with Crippen LogP contribution >= 0.6 is 35.1 Å². The van der Waals surface area contributed by atoms with Gasteiger partial charge in [-0.05, 0) is 25.1 Å². The molecule has 1 aromatic carbocycles. The molecule has 0 saturated heterocycles. The number of methoxy groups -OCH3 is 1. The van der Waals surface area contributed by atoms with Crippen LogP contribution in [0.5, 0.6) is 5.75 Å². The van der Waals surface area contributed by atoms with Crippen molar-refractivity contribution in [1.29, 1.82) is 0 Å². The summed E-state index contributed by atoms with van der Waals surface area (Å²) in [5.74, 6) is 1.53. The molecule has 0 bridgehead atoms. The molecule has 21 heavy (non-hydrogen) atoms. The Morgan fingerprint density at radius 2 is 2.29 bits per heavy atom. The van der Waals surface area contributed by atoms with Gasteiger partial charge in [-0.2, -0.15) is 8.75 Å². The number of thioether (sulfide) groups is 1. The van der Waals surface area contributed by atoms with Crippen LogP contribution in [-0.4, -0.2) is 27.5 Å². The minimum atomic E-state index is -0.0814. The average Bonchev–Trinajstić information content (AvgIpc) is 2.85. The Labute approximate surface area is 136 Å². The number of aryl methyl sites for hydroxylation is 1. The third-order valence-corrected chi connectivity index (χ3v) is 4.55. The Morgan fingerprint density at radius 1 is 1.48 bits per heavy atom. The summed E-state index contributed by atoms with van der Waals surface area (Å²) >= 11 is 8.70.